The van der Waals surface area contributed by atoms with E-state index in [4.69, 9.17) is 4.74 Å². The van der Waals surface area contributed by atoms with Gasteiger partial charge in [0.25, 0.3) is 5.69 Å². The van der Waals surface area contributed by atoms with Crippen molar-refractivity contribution in [2.24, 2.45) is 0 Å². The highest BCUT2D eigenvalue weighted by Gasteiger charge is 2.16. The molecule has 0 aliphatic rings. The third kappa shape index (κ3) is 4.71. The van der Waals surface area contributed by atoms with Crippen molar-refractivity contribution in [1.29, 1.82) is 0 Å². The normalized spacial score (nSPS) is 11.1. The lowest BCUT2D eigenvalue weighted by Crippen LogP contribution is -2.09. The van der Waals surface area contributed by atoms with E-state index in [1.165, 1.54) is 24.3 Å². The molecule has 5 nitrogen and oxygen atoms in total. The fraction of sp³-hybridized carbons (Fsp3) is 0.0870. The van der Waals surface area contributed by atoms with Crippen LogP contribution in [0.5, 0.6) is 5.75 Å². The molecule has 0 radical (unpaired) electrons. The molecule has 0 spiro atoms. The molecule has 0 aliphatic carbocycles. The number of hydrogen-bond acceptors (Lipinski definition) is 4. The van der Waals surface area contributed by atoms with Crippen LogP contribution in [0, 0.1) is 24.0 Å². The van der Waals surface area contributed by atoms with Crippen molar-refractivity contribution >= 4 is 17.5 Å². The first-order valence-electron chi connectivity index (χ1n) is 8.74. The highest BCUT2D eigenvalue weighted by molar-refractivity contribution is 6.10. The third-order valence-electron chi connectivity index (χ3n) is 4.19. The summed E-state index contributed by atoms with van der Waals surface area (Å²) >= 11 is 0. The SMILES string of the molecule is Cc1ccc(/C=C(/Oc2ccc([N+](=O)[O-])cc2)C(=O)c2ccc(C)cc2)cc1. The lowest BCUT2D eigenvalue weighted by Gasteiger charge is -2.10. The smallest absolute Gasteiger partial charge is 0.269 e. The van der Waals surface area contributed by atoms with Crippen molar-refractivity contribution in [3.05, 3.63) is 111 Å². The van der Waals surface area contributed by atoms with Crippen LogP contribution in [-0.4, -0.2) is 10.7 Å². The van der Waals surface area contributed by atoms with Gasteiger partial charge in [0.05, 0.1) is 4.92 Å². The summed E-state index contributed by atoms with van der Waals surface area (Å²) in [6.07, 6.45) is 1.67. The summed E-state index contributed by atoms with van der Waals surface area (Å²) in [5, 5.41) is 10.8. The van der Waals surface area contributed by atoms with Gasteiger partial charge in [0, 0.05) is 17.7 Å². The van der Waals surface area contributed by atoms with Gasteiger partial charge in [-0.15, -0.1) is 0 Å². The lowest BCUT2D eigenvalue weighted by atomic mass is 10.1. The van der Waals surface area contributed by atoms with E-state index in [9.17, 15) is 14.9 Å². The first kappa shape index (κ1) is 19.0. The maximum atomic E-state index is 13.0. The van der Waals surface area contributed by atoms with Gasteiger partial charge in [-0.25, -0.2) is 0 Å². The molecule has 0 bridgehead atoms. The summed E-state index contributed by atoms with van der Waals surface area (Å²) in [6.45, 7) is 3.93. The zero-order valence-electron chi connectivity index (χ0n) is 15.6. The molecule has 140 valence electrons. The average molecular weight is 373 g/mol. The highest BCUT2D eigenvalue weighted by atomic mass is 16.6. The Labute approximate surface area is 163 Å². The predicted octanol–water partition coefficient (Wildman–Crippen LogP) is 5.51. The van der Waals surface area contributed by atoms with Crippen molar-refractivity contribution in [3.63, 3.8) is 0 Å². The first-order valence-corrected chi connectivity index (χ1v) is 8.74. The summed E-state index contributed by atoms with van der Waals surface area (Å²) in [5.74, 6) is 0.227. The predicted molar refractivity (Wildman–Crippen MR) is 108 cm³/mol. The Bertz CT molecular complexity index is 1020. The largest absolute Gasteiger partial charge is 0.453 e. The summed E-state index contributed by atoms with van der Waals surface area (Å²) in [7, 11) is 0. The van der Waals surface area contributed by atoms with E-state index in [1.54, 1.807) is 18.2 Å². The summed E-state index contributed by atoms with van der Waals surface area (Å²) in [4.78, 5) is 23.3. The minimum atomic E-state index is -0.482. The van der Waals surface area contributed by atoms with Crippen LogP contribution >= 0.6 is 0 Å². The Hall–Kier alpha value is -3.73. The maximum absolute atomic E-state index is 13.0. The van der Waals surface area contributed by atoms with Gasteiger partial charge in [-0.2, -0.15) is 0 Å². The number of Topliss-reactive ketones (excluding diaryl/α,β-unsaturated/α-hetero) is 1. The third-order valence-corrected chi connectivity index (χ3v) is 4.19. The Morgan fingerprint density at radius 3 is 1.93 bits per heavy atom. The number of ketones is 1. The van der Waals surface area contributed by atoms with Gasteiger partial charge >= 0.3 is 0 Å². The summed E-state index contributed by atoms with van der Waals surface area (Å²) < 4.78 is 5.82. The fourth-order valence-electron chi connectivity index (χ4n) is 2.57. The summed E-state index contributed by atoms with van der Waals surface area (Å²) in [6, 6.07) is 20.6. The molecule has 5 heteroatoms. The number of ether oxygens (including phenoxy) is 1. The molecule has 0 unspecified atom stereocenters. The fourth-order valence-corrected chi connectivity index (χ4v) is 2.57. The van der Waals surface area contributed by atoms with E-state index in [0.29, 0.717) is 11.3 Å². The second-order valence-electron chi connectivity index (χ2n) is 6.47. The molecule has 0 saturated carbocycles. The number of rotatable bonds is 6. The number of nitrogens with zero attached hydrogens (tertiary/aromatic N) is 1. The molecule has 0 heterocycles. The minimum Gasteiger partial charge on any atom is -0.453 e. The Morgan fingerprint density at radius 2 is 1.39 bits per heavy atom. The van der Waals surface area contributed by atoms with E-state index in [2.05, 4.69) is 0 Å². The molecular weight excluding hydrogens is 354 g/mol. The van der Waals surface area contributed by atoms with Gasteiger partial charge in [0.2, 0.25) is 5.78 Å². The van der Waals surface area contributed by atoms with Gasteiger partial charge in [-0.3, -0.25) is 14.9 Å². The van der Waals surface area contributed by atoms with Crippen molar-refractivity contribution < 1.29 is 14.5 Å². The van der Waals surface area contributed by atoms with Crippen LogP contribution in [0.15, 0.2) is 78.6 Å². The van der Waals surface area contributed by atoms with Gasteiger partial charge in [-0.1, -0.05) is 59.7 Å². The maximum Gasteiger partial charge on any atom is 0.269 e. The van der Waals surface area contributed by atoms with Crippen LogP contribution in [-0.2, 0) is 0 Å². The van der Waals surface area contributed by atoms with Gasteiger partial charge in [0.15, 0.2) is 5.76 Å². The van der Waals surface area contributed by atoms with Gasteiger partial charge in [0.1, 0.15) is 5.75 Å². The minimum absolute atomic E-state index is 0.0405. The van der Waals surface area contributed by atoms with E-state index in [-0.39, 0.29) is 17.2 Å². The number of non-ortho nitro benzene ring substituents is 1. The van der Waals surface area contributed by atoms with Crippen LogP contribution in [0.25, 0.3) is 6.08 Å². The molecule has 3 aromatic carbocycles. The van der Waals surface area contributed by atoms with Gasteiger partial charge in [-0.05, 0) is 37.6 Å². The van der Waals surface area contributed by atoms with E-state index in [0.717, 1.165) is 16.7 Å². The Balaban J connectivity index is 1.95. The second kappa shape index (κ2) is 8.31. The molecule has 3 aromatic rings. The number of benzene rings is 3. The topological polar surface area (TPSA) is 69.4 Å². The molecule has 0 aliphatic heterocycles. The quantitative estimate of drug-likeness (QED) is 0.188. The highest BCUT2D eigenvalue weighted by Crippen LogP contribution is 2.22. The number of carbonyl (C=O) groups is 1. The Morgan fingerprint density at radius 1 is 0.857 bits per heavy atom. The molecular formula is C23H19NO4. The van der Waals surface area contributed by atoms with E-state index < -0.39 is 4.92 Å². The molecule has 0 N–H and O–H groups in total. The summed E-state index contributed by atoms with van der Waals surface area (Å²) in [5.41, 5.74) is 3.45. The molecule has 0 amide bonds. The molecule has 3 rings (SSSR count). The number of allylic oxidation sites excluding steroid dienone is 1. The molecule has 0 fully saturated rings. The number of nitro groups is 1. The van der Waals surface area contributed by atoms with Gasteiger partial charge < -0.3 is 4.74 Å². The van der Waals surface area contributed by atoms with Crippen LogP contribution in [0.4, 0.5) is 5.69 Å². The first-order chi connectivity index (χ1) is 13.4. The molecule has 28 heavy (non-hydrogen) atoms. The average Bonchev–Trinajstić information content (AvgIpc) is 2.69. The number of carbonyl (C=O) groups excluding carboxylic acids is 1. The second-order valence-corrected chi connectivity index (χ2v) is 6.47. The molecule has 0 aromatic heterocycles. The van der Waals surface area contributed by atoms with Crippen molar-refractivity contribution in [3.8, 4) is 5.75 Å². The lowest BCUT2D eigenvalue weighted by molar-refractivity contribution is -0.384. The van der Waals surface area contributed by atoms with Crippen molar-refractivity contribution in [2.75, 3.05) is 0 Å². The number of aryl methyl sites for hydroxylation is 2. The standard InChI is InChI=1S/C23H19NO4/c1-16-3-7-18(8-4-16)15-22(23(25)19-9-5-17(2)6-10-19)28-21-13-11-20(12-14-21)24(26)27/h3-15H,1-2H3/b22-15+. The van der Waals surface area contributed by atoms with Crippen LogP contribution in [0.1, 0.15) is 27.0 Å². The Kier molecular flexibility index (Phi) is 5.65. The van der Waals surface area contributed by atoms with Crippen LogP contribution in [0.3, 0.4) is 0 Å². The monoisotopic (exact) mass is 373 g/mol. The molecule has 0 atom stereocenters. The number of nitro benzene ring substituents is 1. The zero-order chi connectivity index (χ0) is 20.1. The zero-order valence-corrected chi connectivity index (χ0v) is 15.6. The van der Waals surface area contributed by atoms with Crippen molar-refractivity contribution in [1.82, 2.24) is 0 Å². The number of hydrogen-bond donors (Lipinski definition) is 0. The van der Waals surface area contributed by atoms with Crippen LogP contribution in [0.2, 0.25) is 0 Å². The van der Waals surface area contributed by atoms with E-state index >= 15 is 0 Å². The van der Waals surface area contributed by atoms with E-state index in [1.807, 2.05) is 50.2 Å². The van der Waals surface area contributed by atoms with Crippen molar-refractivity contribution in [2.45, 2.75) is 13.8 Å². The molecule has 0 saturated heterocycles. The van der Waals surface area contributed by atoms with Crippen LogP contribution < -0.4 is 4.74 Å².